The van der Waals surface area contributed by atoms with Gasteiger partial charge in [0.25, 0.3) is 0 Å². The summed E-state index contributed by atoms with van der Waals surface area (Å²) < 4.78 is 36.9. The van der Waals surface area contributed by atoms with E-state index in [4.69, 9.17) is 5.11 Å². The molecule has 0 aliphatic heterocycles. The molecule has 0 aromatic heterocycles. The van der Waals surface area contributed by atoms with Crippen molar-refractivity contribution in [2.75, 3.05) is 0 Å². The molecule has 0 aliphatic rings. The van der Waals surface area contributed by atoms with E-state index in [1.807, 2.05) is 0 Å². The van der Waals surface area contributed by atoms with Gasteiger partial charge in [-0.15, -0.1) is 0 Å². The van der Waals surface area contributed by atoms with Crippen LogP contribution < -0.4 is 0 Å². The molecule has 78 valence electrons. The monoisotopic (exact) mass is 268 g/mol. The number of aliphatic hydroxyl groups is 1. The zero-order valence-electron chi connectivity index (χ0n) is 7.11. The lowest BCUT2D eigenvalue weighted by molar-refractivity contribution is -0.127. The molecule has 1 nitrogen and oxygen atoms in total. The number of hydrogen-bond donors (Lipinski definition) is 1. The van der Waals surface area contributed by atoms with Crippen molar-refractivity contribution in [1.29, 1.82) is 0 Å². The molecule has 1 N–H and O–H groups in total. The summed E-state index contributed by atoms with van der Waals surface area (Å²) in [6, 6.07) is 4.45. The van der Waals surface area contributed by atoms with Crippen molar-refractivity contribution in [2.45, 2.75) is 19.2 Å². The van der Waals surface area contributed by atoms with Crippen molar-refractivity contribution < 1.29 is 18.3 Å². The highest BCUT2D eigenvalue weighted by atomic mass is 79.9. The standard InChI is InChI=1S/C9H8BrF3O/c10-8-2-1-6(5-14)7(3-8)4-9(11,12)13/h1-3,14H,4-5H2. The van der Waals surface area contributed by atoms with Crippen molar-refractivity contribution >= 4 is 15.9 Å². The van der Waals surface area contributed by atoms with Crippen LogP contribution in [0.15, 0.2) is 22.7 Å². The third-order valence-electron chi connectivity index (χ3n) is 1.73. The Morgan fingerprint density at radius 3 is 2.36 bits per heavy atom. The van der Waals surface area contributed by atoms with Gasteiger partial charge in [-0.1, -0.05) is 22.0 Å². The van der Waals surface area contributed by atoms with Gasteiger partial charge in [0.15, 0.2) is 0 Å². The average Bonchev–Trinajstić information content (AvgIpc) is 2.01. The molecule has 0 unspecified atom stereocenters. The van der Waals surface area contributed by atoms with Gasteiger partial charge in [-0.2, -0.15) is 13.2 Å². The number of aliphatic hydroxyl groups excluding tert-OH is 1. The first kappa shape index (κ1) is 11.5. The fourth-order valence-electron chi connectivity index (χ4n) is 1.13. The zero-order chi connectivity index (χ0) is 10.8. The molecule has 0 amide bonds. The Hall–Kier alpha value is -0.550. The summed E-state index contributed by atoms with van der Waals surface area (Å²) in [5, 5.41) is 8.82. The average molecular weight is 269 g/mol. The predicted octanol–water partition coefficient (Wildman–Crippen LogP) is 3.05. The molecule has 1 rings (SSSR count). The van der Waals surface area contributed by atoms with Crippen LogP contribution in [-0.4, -0.2) is 11.3 Å². The minimum absolute atomic E-state index is 0.106. The van der Waals surface area contributed by atoms with Crippen molar-refractivity contribution in [3.63, 3.8) is 0 Å². The SMILES string of the molecule is OCc1ccc(Br)cc1CC(F)(F)F. The van der Waals surface area contributed by atoms with E-state index in [1.54, 1.807) is 6.07 Å². The van der Waals surface area contributed by atoms with Gasteiger partial charge in [0.1, 0.15) is 0 Å². The lowest BCUT2D eigenvalue weighted by atomic mass is 10.1. The lowest BCUT2D eigenvalue weighted by Gasteiger charge is -2.10. The molecule has 1 aromatic rings. The molecular formula is C9H8BrF3O. The first-order chi connectivity index (χ1) is 6.42. The highest BCUT2D eigenvalue weighted by molar-refractivity contribution is 9.10. The number of alkyl halides is 3. The Morgan fingerprint density at radius 1 is 1.21 bits per heavy atom. The van der Waals surface area contributed by atoms with E-state index in [0.717, 1.165) is 0 Å². The normalized spacial score (nSPS) is 11.8. The molecule has 0 fully saturated rings. The second-order valence-corrected chi connectivity index (χ2v) is 3.78. The van der Waals surface area contributed by atoms with E-state index in [0.29, 0.717) is 10.0 Å². The van der Waals surface area contributed by atoms with Crippen molar-refractivity contribution in [2.24, 2.45) is 0 Å². The second kappa shape index (κ2) is 4.31. The number of rotatable bonds is 2. The minimum atomic E-state index is -4.25. The number of benzene rings is 1. The molecule has 0 bridgehead atoms. The van der Waals surface area contributed by atoms with Crippen LogP contribution in [0.1, 0.15) is 11.1 Å². The Balaban J connectivity index is 2.99. The smallest absolute Gasteiger partial charge is 0.392 e. The van der Waals surface area contributed by atoms with Gasteiger partial charge in [-0.25, -0.2) is 0 Å². The maximum absolute atomic E-state index is 12.1. The van der Waals surface area contributed by atoms with Gasteiger partial charge in [0, 0.05) is 4.47 Å². The summed E-state index contributed by atoms with van der Waals surface area (Å²) in [6.45, 7) is -0.376. The number of hydrogen-bond acceptors (Lipinski definition) is 1. The van der Waals surface area contributed by atoms with Crippen LogP contribution in [0.25, 0.3) is 0 Å². The van der Waals surface area contributed by atoms with E-state index >= 15 is 0 Å². The minimum Gasteiger partial charge on any atom is -0.392 e. The second-order valence-electron chi connectivity index (χ2n) is 2.86. The van der Waals surface area contributed by atoms with Crippen LogP contribution >= 0.6 is 15.9 Å². The third-order valence-corrected chi connectivity index (χ3v) is 2.22. The Bertz CT molecular complexity index is 322. The van der Waals surface area contributed by atoms with Crippen molar-refractivity contribution in [1.82, 2.24) is 0 Å². The van der Waals surface area contributed by atoms with Crippen LogP contribution in [0.3, 0.4) is 0 Å². The maximum atomic E-state index is 12.1. The molecule has 0 aliphatic carbocycles. The molecule has 0 spiro atoms. The molecule has 1 aromatic carbocycles. The molecule has 0 heterocycles. The van der Waals surface area contributed by atoms with Crippen LogP contribution in [0.4, 0.5) is 13.2 Å². The summed E-state index contributed by atoms with van der Waals surface area (Å²) in [6.07, 6.45) is -5.26. The van der Waals surface area contributed by atoms with Gasteiger partial charge in [-0.05, 0) is 23.3 Å². The van der Waals surface area contributed by atoms with Gasteiger partial charge < -0.3 is 5.11 Å². The van der Waals surface area contributed by atoms with Crippen LogP contribution in [0, 0.1) is 0 Å². The van der Waals surface area contributed by atoms with E-state index in [-0.39, 0.29) is 12.2 Å². The highest BCUT2D eigenvalue weighted by Gasteiger charge is 2.28. The molecule has 5 heteroatoms. The van der Waals surface area contributed by atoms with E-state index < -0.39 is 12.6 Å². The first-order valence-electron chi connectivity index (χ1n) is 3.87. The van der Waals surface area contributed by atoms with Gasteiger partial charge >= 0.3 is 6.18 Å². The van der Waals surface area contributed by atoms with E-state index in [1.165, 1.54) is 12.1 Å². The van der Waals surface area contributed by atoms with E-state index in [9.17, 15) is 13.2 Å². The molecule has 14 heavy (non-hydrogen) atoms. The zero-order valence-corrected chi connectivity index (χ0v) is 8.69. The summed E-state index contributed by atoms with van der Waals surface area (Å²) in [4.78, 5) is 0. The number of halogens is 4. The van der Waals surface area contributed by atoms with Gasteiger partial charge in [-0.3, -0.25) is 0 Å². The largest absolute Gasteiger partial charge is 0.393 e. The van der Waals surface area contributed by atoms with Crippen LogP contribution in [0.2, 0.25) is 0 Å². The molecule has 0 atom stereocenters. The molecule has 0 radical (unpaired) electrons. The van der Waals surface area contributed by atoms with Gasteiger partial charge in [0.05, 0.1) is 13.0 Å². The van der Waals surface area contributed by atoms with Crippen molar-refractivity contribution in [3.8, 4) is 0 Å². The van der Waals surface area contributed by atoms with Crippen molar-refractivity contribution in [3.05, 3.63) is 33.8 Å². The van der Waals surface area contributed by atoms with Crippen LogP contribution in [-0.2, 0) is 13.0 Å². The molecular weight excluding hydrogens is 261 g/mol. The molecule has 0 saturated carbocycles. The first-order valence-corrected chi connectivity index (χ1v) is 4.66. The predicted molar refractivity (Wildman–Crippen MR) is 49.8 cm³/mol. The Morgan fingerprint density at radius 2 is 1.86 bits per heavy atom. The van der Waals surface area contributed by atoms with Crippen LogP contribution in [0.5, 0.6) is 0 Å². The highest BCUT2D eigenvalue weighted by Crippen LogP contribution is 2.25. The summed E-state index contributed by atoms with van der Waals surface area (Å²) in [7, 11) is 0. The fourth-order valence-corrected chi connectivity index (χ4v) is 1.54. The third kappa shape index (κ3) is 3.31. The summed E-state index contributed by atoms with van der Waals surface area (Å²) >= 11 is 3.08. The summed E-state index contributed by atoms with van der Waals surface area (Å²) in [5.74, 6) is 0. The molecule has 0 saturated heterocycles. The topological polar surface area (TPSA) is 20.2 Å². The fraction of sp³-hybridized carbons (Fsp3) is 0.333. The summed E-state index contributed by atoms with van der Waals surface area (Å²) in [5.41, 5.74) is 0.417. The van der Waals surface area contributed by atoms with E-state index in [2.05, 4.69) is 15.9 Å². The Kier molecular flexibility index (Phi) is 3.55. The maximum Gasteiger partial charge on any atom is 0.393 e. The lowest BCUT2D eigenvalue weighted by Crippen LogP contribution is -2.13. The quantitative estimate of drug-likeness (QED) is 0.874. The Labute approximate surface area is 87.7 Å². The van der Waals surface area contributed by atoms with Gasteiger partial charge in [0.2, 0.25) is 0 Å².